The molecule has 56 valence electrons. The lowest BCUT2D eigenvalue weighted by Crippen LogP contribution is -2.13. The normalized spacial score (nSPS) is 16.4. The van der Waals surface area contributed by atoms with E-state index in [0.717, 1.165) is 10.6 Å². The number of rotatable bonds is 1. The van der Waals surface area contributed by atoms with Gasteiger partial charge in [0.1, 0.15) is 0 Å². The summed E-state index contributed by atoms with van der Waals surface area (Å²) < 4.78 is 0. The van der Waals surface area contributed by atoms with Crippen LogP contribution in [0.4, 0.5) is 0 Å². The highest BCUT2D eigenvalue weighted by Gasteiger charge is 2.12. The van der Waals surface area contributed by atoms with E-state index in [1.165, 1.54) is 0 Å². The summed E-state index contributed by atoms with van der Waals surface area (Å²) in [6.07, 6.45) is 2.45. The molecule has 2 rings (SSSR count). The summed E-state index contributed by atoms with van der Waals surface area (Å²) in [5.74, 6) is 0.0911. The van der Waals surface area contributed by atoms with E-state index in [0.29, 0.717) is 6.42 Å². The maximum absolute atomic E-state index is 10.8. The first-order valence-corrected chi connectivity index (χ1v) is 4.28. The molecule has 0 unspecified atom stereocenters. The summed E-state index contributed by atoms with van der Waals surface area (Å²) in [6.45, 7) is 0. The topological polar surface area (TPSA) is 29.1 Å². The summed E-state index contributed by atoms with van der Waals surface area (Å²) in [5.41, 5.74) is 0.963. The third-order valence-corrected chi connectivity index (χ3v) is 2.46. The third-order valence-electron chi connectivity index (χ3n) is 1.55. The first kappa shape index (κ1) is 6.61. The molecule has 0 saturated heterocycles. The smallest absolute Gasteiger partial charge is 0.228 e. The van der Waals surface area contributed by atoms with Gasteiger partial charge in [-0.25, -0.2) is 0 Å². The van der Waals surface area contributed by atoms with Crippen LogP contribution in [0.15, 0.2) is 23.6 Å². The molecule has 0 aromatic carbocycles. The zero-order valence-corrected chi connectivity index (χ0v) is 6.65. The second kappa shape index (κ2) is 2.51. The number of thiophene rings is 1. The molecular formula is C8H7NOS. The minimum atomic E-state index is 0.0911. The van der Waals surface area contributed by atoms with Crippen LogP contribution in [0.25, 0.3) is 5.70 Å². The van der Waals surface area contributed by atoms with Gasteiger partial charge in [-0.2, -0.15) is 0 Å². The Labute approximate surface area is 68.5 Å². The Morgan fingerprint density at radius 1 is 1.55 bits per heavy atom. The second-order valence-electron chi connectivity index (χ2n) is 2.35. The van der Waals surface area contributed by atoms with E-state index in [1.54, 1.807) is 11.3 Å². The Kier molecular flexibility index (Phi) is 1.51. The number of amides is 1. The molecule has 1 aliphatic rings. The fraction of sp³-hybridized carbons (Fsp3) is 0.125. The molecule has 1 aromatic rings. The van der Waals surface area contributed by atoms with Gasteiger partial charge < -0.3 is 5.32 Å². The predicted molar refractivity (Wildman–Crippen MR) is 45.1 cm³/mol. The van der Waals surface area contributed by atoms with E-state index in [2.05, 4.69) is 5.32 Å². The predicted octanol–water partition coefficient (Wildman–Crippen LogP) is 1.61. The summed E-state index contributed by atoms with van der Waals surface area (Å²) in [6, 6.07) is 3.98. The average molecular weight is 165 g/mol. The highest BCUT2D eigenvalue weighted by Crippen LogP contribution is 2.21. The molecular weight excluding hydrogens is 158 g/mol. The van der Waals surface area contributed by atoms with Gasteiger partial charge in [-0.3, -0.25) is 4.79 Å². The van der Waals surface area contributed by atoms with Gasteiger partial charge in [0.2, 0.25) is 5.91 Å². The van der Waals surface area contributed by atoms with Gasteiger partial charge in [-0.15, -0.1) is 11.3 Å². The van der Waals surface area contributed by atoms with Crippen molar-refractivity contribution >= 4 is 22.9 Å². The van der Waals surface area contributed by atoms with Crippen LogP contribution in [-0.2, 0) is 4.79 Å². The first-order chi connectivity index (χ1) is 5.36. The zero-order valence-electron chi connectivity index (χ0n) is 5.83. The van der Waals surface area contributed by atoms with E-state index >= 15 is 0 Å². The molecule has 1 aromatic heterocycles. The van der Waals surface area contributed by atoms with Crippen molar-refractivity contribution in [3.05, 3.63) is 28.5 Å². The monoisotopic (exact) mass is 165 g/mol. The third kappa shape index (κ3) is 1.19. The van der Waals surface area contributed by atoms with Crippen molar-refractivity contribution in [1.29, 1.82) is 0 Å². The molecule has 1 aliphatic heterocycles. The fourth-order valence-corrected chi connectivity index (χ4v) is 1.76. The SMILES string of the molecule is O=C1CC=C(c2cccs2)N1. The van der Waals surface area contributed by atoms with E-state index in [4.69, 9.17) is 0 Å². The van der Waals surface area contributed by atoms with Gasteiger partial charge in [0, 0.05) is 6.42 Å². The lowest BCUT2D eigenvalue weighted by molar-refractivity contribution is -0.118. The van der Waals surface area contributed by atoms with Crippen LogP contribution in [0.3, 0.4) is 0 Å². The van der Waals surface area contributed by atoms with Crippen molar-refractivity contribution in [2.24, 2.45) is 0 Å². The second-order valence-corrected chi connectivity index (χ2v) is 3.30. The lowest BCUT2D eigenvalue weighted by atomic mass is 10.3. The zero-order chi connectivity index (χ0) is 7.68. The molecule has 0 fully saturated rings. The number of hydrogen-bond acceptors (Lipinski definition) is 2. The van der Waals surface area contributed by atoms with Crippen molar-refractivity contribution in [1.82, 2.24) is 5.32 Å². The molecule has 2 heterocycles. The van der Waals surface area contributed by atoms with E-state index in [-0.39, 0.29) is 5.91 Å². The van der Waals surface area contributed by atoms with Gasteiger partial charge in [-0.1, -0.05) is 12.1 Å². The Bertz CT molecular complexity index is 300. The molecule has 3 heteroatoms. The van der Waals surface area contributed by atoms with Crippen molar-refractivity contribution in [2.75, 3.05) is 0 Å². The largest absolute Gasteiger partial charge is 0.325 e. The minimum Gasteiger partial charge on any atom is -0.325 e. The van der Waals surface area contributed by atoms with Gasteiger partial charge in [0.15, 0.2) is 0 Å². The maximum Gasteiger partial charge on any atom is 0.228 e. The Morgan fingerprint density at radius 3 is 3.00 bits per heavy atom. The number of carbonyl (C=O) groups excluding carboxylic acids is 1. The van der Waals surface area contributed by atoms with Crippen LogP contribution in [0, 0.1) is 0 Å². The van der Waals surface area contributed by atoms with Gasteiger partial charge in [0.25, 0.3) is 0 Å². The van der Waals surface area contributed by atoms with Crippen molar-refractivity contribution in [3.63, 3.8) is 0 Å². The van der Waals surface area contributed by atoms with E-state index in [1.807, 2.05) is 23.6 Å². The van der Waals surface area contributed by atoms with E-state index < -0.39 is 0 Å². The highest BCUT2D eigenvalue weighted by atomic mass is 32.1. The molecule has 2 nitrogen and oxygen atoms in total. The Balaban J connectivity index is 2.26. The summed E-state index contributed by atoms with van der Waals surface area (Å²) in [5, 5.41) is 4.79. The Hall–Kier alpha value is -1.09. The van der Waals surface area contributed by atoms with Crippen LogP contribution in [0.2, 0.25) is 0 Å². The molecule has 1 amide bonds. The van der Waals surface area contributed by atoms with Gasteiger partial charge in [0.05, 0.1) is 10.6 Å². The maximum atomic E-state index is 10.8. The van der Waals surface area contributed by atoms with E-state index in [9.17, 15) is 4.79 Å². The van der Waals surface area contributed by atoms with Crippen LogP contribution in [0.1, 0.15) is 11.3 Å². The van der Waals surface area contributed by atoms with Crippen molar-refractivity contribution < 1.29 is 4.79 Å². The summed E-state index contributed by atoms with van der Waals surface area (Å²) >= 11 is 1.64. The van der Waals surface area contributed by atoms with Gasteiger partial charge in [-0.05, 0) is 11.4 Å². The molecule has 0 aliphatic carbocycles. The minimum absolute atomic E-state index is 0.0911. The molecule has 0 bridgehead atoms. The van der Waals surface area contributed by atoms with Crippen LogP contribution in [0.5, 0.6) is 0 Å². The first-order valence-electron chi connectivity index (χ1n) is 3.40. The van der Waals surface area contributed by atoms with Crippen LogP contribution in [-0.4, -0.2) is 5.91 Å². The lowest BCUT2D eigenvalue weighted by Gasteiger charge is -1.96. The number of nitrogens with one attached hydrogen (secondary N) is 1. The molecule has 0 spiro atoms. The average Bonchev–Trinajstić information content (AvgIpc) is 2.55. The molecule has 11 heavy (non-hydrogen) atoms. The standard InChI is InChI=1S/C8H7NOS/c10-8-4-3-6(9-8)7-2-1-5-11-7/h1-3,5H,4H2,(H,9,10). The number of hydrogen-bond donors (Lipinski definition) is 1. The number of carbonyl (C=O) groups is 1. The van der Waals surface area contributed by atoms with Gasteiger partial charge >= 0.3 is 0 Å². The summed E-state index contributed by atoms with van der Waals surface area (Å²) in [4.78, 5) is 11.9. The van der Waals surface area contributed by atoms with Crippen molar-refractivity contribution in [3.8, 4) is 0 Å². The quantitative estimate of drug-likeness (QED) is 0.673. The molecule has 0 atom stereocenters. The van der Waals surface area contributed by atoms with Crippen LogP contribution >= 0.6 is 11.3 Å². The molecule has 1 N–H and O–H groups in total. The fourth-order valence-electron chi connectivity index (χ4n) is 1.04. The molecule has 0 saturated carbocycles. The summed E-state index contributed by atoms with van der Waals surface area (Å²) in [7, 11) is 0. The van der Waals surface area contributed by atoms with Crippen molar-refractivity contribution in [2.45, 2.75) is 6.42 Å². The molecule has 0 radical (unpaired) electrons. The Morgan fingerprint density at radius 2 is 2.45 bits per heavy atom. The highest BCUT2D eigenvalue weighted by molar-refractivity contribution is 7.11. The van der Waals surface area contributed by atoms with Crippen LogP contribution < -0.4 is 5.32 Å².